The summed E-state index contributed by atoms with van der Waals surface area (Å²) in [6, 6.07) is 0. The third-order valence-electron chi connectivity index (χ3n) is 4.70. The lowest BCUT2D eigenvalue weighted by atomic mass is 9.81. The van der Waals surface area contributed by atoms with E-state index in [0.29, 0.717) is 6.10 Å². The minimum Gasteiger partial charge on any atom is -0.378 e. The quantitative estimate of drug-likeness (QED) is 0.728. The van der Waals surface area contributed by atoms with Crippen molar-refractivity contribution in [3.05, 3.63) is 0 Å². The largest absolute Gasteiger partial charge is 0.378 e. The van der Waals surface area contributed by atoms with Crippen molar-refractivity contribution in [1.82, 2.24) is 5.32 Å². The molecule has 2 rings (SSSR count). The second-order valence-electron chi connectivity index (χ2n) is 6.26. The van der Waals surface area contributed by atoms with Gasteiger partial charge in [-0.2, -0.15) is 0 Å². The third kappa shape index (κ3) is 4.55. The maximum absolute atomic E-state index is 6.08. The van der Waals surface area contributed by atoms with Crippen LogP contribution in [-0.4, -0.2) is 25.8 Å². The summed E-state index contributed by atoms with van der Waals surface area (Å²) in [4.78, 5) is 0. The van der Waals surface area contributed by atoms with Gasteiger partial charge < -0.3 is 10.1 Å². The number of ether oxygens (including phenoxy) is 1. The molecule has 0 spiro atoms. The van der Waals surface area contributed by atoms with Gasteiger partial charge in [0.2, 0.25) is 0 Å². The van der Waals surface area contributed by atoms with Gasteiger partial charge in [0.25, 0.3) is 0 Å². The van der Waals surface area contributed by atoms with Gasteiger partial charge >= 0.3 is 0 Å². The molecular formula is C16H31NO. The van der Waals surface area contributed by atoms with Crippen LogP contribution >= 0.6 is 0 Å². The molecule has 0 aromatic carbocycles. The van der Waals surface area contributed by atoms with Crippen LogP contribution in [0.5, 0.6) is 0 Å². The maximum atomic E-state index is 6.08. The van der Waals surface area contributed by atoms with Crippen molar-refractivity contribution in [3.63, 3.8) is 0 Å². The highest BCUT2D eigenvalue weighted by Crippen LogP contribution is 2.32. The van der Waals surface area contributed by atoms with E-state index in [0.717, 1.165) is 25.0 Å². The van der Waals surface area contributed by atoms with Crippen LogP contribution in [0.1, 0.15) is 64.7 Å². The monoisotopic (exact) mass is 253 g/mol. The second-order valence-corrected chi connectivity index (χ2v) is 6.26. The van der Waals surface area contributed by atoms with Crippen LogP contribution in [0.4, 0.5) is 0 Å². The Morgan fingerprint density at radius 2 is 1.89 bits per heavy atom. The first-order chi connectivity index (χ1) is 8.90. The molecule has 0 bridgehead atoms. The smallest absolute Gasteiger partial charge is 0.0618 e. The lowest BCUT2D eigenvalue weighted by molar-refractivity contribution is -0.0410. The number of hydrogen-bond donors (Lipinski definition) is 1. The molecule has 1 saturated carbocycles. The minimum atomic E-state index is 0.547. The zero-order chi connectivity index (χ0) is 12.6. The third-order valence-corrected chi connectivity index (χ3v) is 4.70. The summed E-state index contributed by atoms with van der Waals surface area (Å²) in [6.45, 7) is 5.57. The zero-order valence-electron chi connectivity index (χ0n) is 12.1. The summed E-state index contributed by atoms with van der Waals surface area (Å²) in [7, 11) is 0. The summed E-state index contributed by atoms with van der Waals surface area (Å²) in [5, 5.41) is 3.59. The SMILES string of the molecule is CCCNCC1CCCOC1CC1CCCCC1. The molecular weight excluding hydrogens is 222 g/mol. The minimum absolute atomic E-state index is 0.547. The standard InChI is InChI=1S/C16H31NO/c1-2-10-17-13-15-9-6-11-18-16(15)12-14-7-4-3-5-8-14/h14-17H,2-13H2,1H3. The van der Waals surface area contributed by atoms with E-state index in [9.17, 15) is 0 Å². The Bertz CT molecular complexity index is 213. The molecule has 2 fully saturated rings. The first-order valence-corrected chi connectivity index (χ1v) is 8.22. The average Bonchev–Trinajstić information content (AvgIpc) is 2.42. The molecule has 2 atom stereocenters. The fourth-order valence-corrected chi connectivity index (χ4v) is 3.61. The normalized spacial score (nSPS) is 30.5. The summed E-state index contributed by atoms with van der Waals surface area (Å²) < 4.78 is 6.08. The molecule has 0 aromatic rings. The van der Waals surface area contributed by atoms with Crippen molar-refractivity contribution in [2.24, 2.45) is 11.8 Å². The van der Waals surface area contributed by atoms with Gasteiger partial charge in [-0.15, -0.1) is 0 Å². The van der Waals surface area contributed by atoms with Crippen molar-refractivity contribution in [2.45, 2.75) is 70.8 Å². The van der Waals surface area contributed by atoms with Gasteiger partial charge in [0.15, 0.2) is 0 Å². The van der Waals surface area contributed by atoms with Crippen molar-refractivity contribution in [1.29, 1.82) is 0 Å². The van der Waals surface area contributed by atoms with Crippen LogP contribution in [0.25, 0.3) is 0 Å². The molecule has 0 amide bonds. The van der Waals surface area contributed by atoms with E-state index in [-0.39, 0.29) is 0 Å². The van der Waals surface area contributed by atoms with E-state index in [2.05, 4.69) is 12.2 Å². The van der Waals surface area contributed by atoms with Crippen LogP contribution in [0.2, 0.25) is 0 Å². The Hall–Kier alpha value is -0.0800. The summed E-state index contributed by atoms with van der Waals surface area (Å²) in [6.07, 6.45) is 13.0. The molecule has 1 heterocycles. The van der Waals surface area contributed by atoms with Crippen LogP contribution in [0, 0.1) is 11.8 Å². The maximum Gasteiger partial charge on any atom is 0.0618 e. The lowest BCUT2D eigenvalue weighted by Gasteiger charge is -2.35. The van der Waals surface area contributed by atoms with E-state index in [1.807, 2.05) is 0 Å². The Balaban J connectivity index is 1.75. The van der Waals surface area contributed by atoms with Crippen LogP contribution in [0.15, 0.2) is 0 Å². The molecule has 1 aliphatic carbocycles. The van der Waals surface area contributed by atoms with E-state index in [1.165, 1.54) is 64.3 Å². The predicted molar refractivity (Wildman–Crippen MR) is 76.8 cm³/mol. The first kappa shape index (κ1) is 14.3. The van der Waals surface area contributed by atoms with Crippen LogP contribution in [0.3, 0.4) is 0 Å². The van der Waals surface area contributed by atoms with Crippen molar-refractivity contribution in [2.75, 3.05) is 19.7 Å². The Morgan fingerprint density at radius 3 is 2.67 bits per heavy atom. The number of rotatable bonds is 6. The molecule has 1 saturated heterocycles. The van der Waals surface area contributed by atoms with Gasteiger partial charge in [-0.05, 0) is 44.1 Å². The highest BCUT2D eigenvalue weighted by Gasteiger charge is 2.28. The Morgan fingerprint density at radius 1 is 1.06 bits per heavy atom. The lowest BCUT2D eigenvalue weighted by Crippen LogP contribution is -2.38. The van der Waals surface area contributed by atoms with Crippen molar-refractivity contribution < 1.29 is 4.74 Å². The van der Waals surface area contributed by atoms with Crippen molar-refractivity contribution in [3.8, 4) is 0 Å². The predicted octanol–water partition coefficient (Wildman–Crippen LogP) is 3.75. The Kier molecular flexibility index (Phi) is 6.50. The molecule has 1 N–H and O–H groups in total. The van der Waals surface area contributed by atoms with Gasteiger partial charge in [-0.1, -0.05) is 39.0 Å². The summed E-state index contributed by atoms with van der Waals surface area (Å²) in [5.74, 6) is 1.72. The first-order valence-electron chi connectivity index (χ1n) is 8.22. The van der Waals surface area contributed by atoms with Crippen LogP contribution < -0.4 is 5.32 Å². The Labute approximate surface area is 113 Å². The molecule has 1 aliphatic heterocycles. The molecule has 18 heavy (non-hydrogen) atoms. The highest BCUT2D eigenvalue weighted by molar-refractivity contribution is 4.80. The zero-order valence-corrected chi connectivity index (χ0v) is 12.1. The number of nitrogens with one attached hydrogen (secondary N) is 1. The molecule has 106 valence electrons. The molecule has 0 aromatic heterocycles. The highest BCUT2D eigenvalue weighted by atomic mass is 16.5. The topological polar surface area (TPSA) is 21.3 Å². The van der Waals surface area contributed by atoms with E-state index >= 15 is 0 Å². The summed E-state index contributed by atoms with van der Waals surface area (Å²) in [5.41, 5.74) is 0. The van der Waals surface area contributed by atoms with E-state index in [4.69, 9.17) is 4.74 Å². The molecule has 2 aliphatic rings. The van der Waals surface area contributed by atoms with E-state index < -0.39 is 0 Å². The van der Waals surface area contributed by atoms with E-state index in [1.54, 1.807) is 0 Å². The van der Waals surface area contributed by atoms with Crippen molar-refractivity contribution >= 4 is 0 Å². The van der Waals surface area contributed by atoms with Gasteiger partial charge in [0, 0.05) is 13.2 Å². The average molecular weight is 253 g/mol. The second kappa shape index (κ2) is 8.16. The van der Waals surface area contributed by atoms with Gasteiger partial charge in [0.05, 0.1) is 6.10 Å². The fourth-order valence-electron chi connectivity index (χ4n) is 3.61. The molecule has 2 heteroatoms. The van der Waals surface area contributed by atoms with Crippen LogP contribution in [-0.2, 0) is 4.74 Å². The van der Waals surface area contributed by atoms with Gasteiger partial charge in [-0.25, -0.2) is 0 Å². The fraction of sp³-hybridized carbons (Fsp3) is 1.00. The van der Waals surface area contributed by atoms with Gasteiger partial charge in [0.1, 0.15) is 0 Å². The van der Waals surface area contributed by atoms with Gasteiger partial charge in [-0.3, -0.25) is 0 Å². The molecule has 2 nitrogen and oxygen atoms in total. The molecule has 2 unspecified atom stereocenters. The number of hydrogen-bond acceptors (Lipinski definition) is 2. The molecule has 0 radical (unpaired) electrons. The summed E-state index contributed by atoms with van der Waals surface area (Å²) >= 11 is 0.